The molecule has 1 heterocycles. The molecule has 0 aromatic heterocycles. The number of hydrogen-bond donors (Lipinski definition) is 1. The Labute approximate surface area is 153 Å². The molecule has 148 valence electrons. The number of halogens is 4. The Balaban J connectivity index is 1.73. The van der Waals surface area contributed by atoms with Crippen molar-refractivity contribution in [3.63, 3.8) is 0 Å². The third-order valence-corrected chi connectivity index (χ3v) is 5.55. The molecular formula is C18H20F4N2O3. The zero-order valence-electron chi connectivity index (χ0n) is 14.7. The lowest BCUT2D eigenvalue weighted by atomic mass is 9.67. The summed E-state index contributed by atoms with van der Waals surface area (Å²) in [5.41, 5.74) is -1.37. The summed E-state index contributed by atoms with van der Waals surface area (Å²) in [7, 11) is 0. The normalized spacial score (nSPS) is 23.8. The first-order chi connectivity index (χ1) is 12.8. The van der Waals surface area contributed by atoms with E-state index in [1.807, 2.05) is 0 Å². The molecule has 0 radical (unpaired) electrons. The van der Waals surface area contributed by atoms with E-state index in [1.165, 1.54) is 0 Å². The average molecular weight is 388 g/mol. The van der Waals surface area contributed by atoms with Gasteiger partial charge in [-0.15, -0.1) is 0 Å². The number of benzene rings is 1. The second-order valence-electron chi connectivity index (χ2n) is 6.85. The number of likely N-dealkylation sites (tertiary alicyclic amines) is 1. The fraction of sp³-hybridized carbons (Fsp3) is 0.556. The van der Waals surface area contributed by atoms with Gasteiger partial charge in [-0.05, 0) is 25.2 Å². The van der Waals surface area contributed by atoms with E-state index in [2.05, 4.69) is 10.1 Å². The van der Waals surface area contributed by atoms with Gasteiger partial charge >= 0.3 is 6.61 Å². The van der Waals surface area contributed by atoms with Crippen LogP contribution < -0.4 is 10.1 Å². The Bertz CT molecular complexity index is 735. The third-order valence-electron chi connectivity index (χ3n) is 5.55. The van der Waals surface area contributed by atoms with E-state index in [1.54, 1.807) is 11.8 Å². The maximum atomic E-state index is 14.1. The van der Waals surface area contributed by atoms with Crippen molar-refractivity contribution < 1.29 is 31.9 Å². The Morgan fingerprint density at radius 1 is 1.30 bits per heavy atom. The summed E-state index contributed by atoms with van der Waals surface area (Å²) in [6, 6.07) is 1.08. The molecular weight excluding hydrogens is 368 g/mol. The number of nitrogens with one attached hydrogen (secondary N) is 1. The maximum Gasteiger partial charge on any atom is 0.387 e. The molecule has 2 unspecified atom stereocenters. The minimum absolute atomic E-state index is 0.0164. The van der Waals surface area contributed by atoms with Crippen LogP contribution >= 0.6 is 0 Å². The van der Waals surface area contributed by atoms with Crippen LogP contribution in [0, 0.1) is 17.6 Å². The number of fused-ring (bicyclic) bond motifs is 1. The fourth-order valence-electron chi connectivity index (χ4n) is 4.11. The van der Waals surface area contributed by atoms with Crippen LogP contribution in [0.4, 0.5) is 17.6 Å². The molecule has 1 N–H and O–H groups in total. The van der Waals surface area contributed by atoms with Crippen molar-refractivity contribution in [2.24, 2.45) is 5.92 Å². The fourth-order valence-corrected chi connectivity index (χ4v) is 4.11. The second-order valence-corrected chi connectivity index (χ2v) is 6.85. The van der Waals surface area contributed by atoms with Crippen LogP contribution in [0.25, 0.3) is 0 Å². The summed E-state index contributed by atoms with van der Waals surface area (Å²) in [6.07, 6.45) is 2.84. The van der Waals surface area contributed by atoms with Gasteiger partial charge < -0.3 is 15.0 Å². The number of ether oxygens (including phenoxy) is 1. The Hall–Kier alpha value is -2.32. The van der Waals surface area contributed by atoms with Crippen LogP contribution in [0.1, 0.15) is 43.0 Å². The molecule has 2 aliphatic rings. The number of carbonyl (C=O) groups excluding carboxylic acids is 2. The smallest absolute Gasteiger partial charge is 0.387 e. The molecule has 1 aliphatic carbocycles. The van der Waals surface area contributed by atoms with Crippen LogP contribution in [0.15, 0.2) is 12.1 Å². The van der Waals surface area contributed by atoms with Crippen LogP contribution in [-0.4, -0.2) is 42.0 Å². The molecule has 0 bridgehead atoms. The van der Waals surface area contributed by atoms with Gasteiger partial charge in [-0.2, -0.15) is 8.78 Å². The molecule has 1 saturated carbocycles. The van der Waals surface area contributed by atoms with Gasteiger partial charge in [-0.25, -0.2) is 8.78 Å². The molecule has 1 aromatic rings. The number of alkyl halides is 2. The number of hydrogen-bond acceptors (Lipinski definition) is 3. The van der Waals surface area contributed by atoms with Crippen molar-refractivity contribution in [2.75, 3.05) is 13.1 Å². The van der Waals surface area contributed by atoms with Gasteiger partial charge in [0.1, 0.15) is 22.9 Å². The first-order valence-corrected chi connectivity index (χ1v) is 8.81. The van der Waals surface area contributed by atoms with Crippen molar-refractivity contribution in [3.8, 4) is 5.75 Å². The molecule has 5 nitrogen and oxygen atoms in total. The molecule has 1 aromatic carbocycles. The van der Waals surface area contributed by atoms with Gasteiger partial charge in [-0.1, -0.05) is 6.92 Å². The summed E-state index contributed by atoms with van der Waals surface area (Å²) >= 11 is 0. The van der Waals surface area contributed by atoms with E-state index < -0.39 is 41.0 Å². The van der Waals surface area contributed by atoms with Crippen molar-refractivity contribution in [1.82, 2.24) is 10.2 Å². The zero-order chi connectivity index (χ0) is 19.8. The van der Waals surface area contributed by atoms with E-state index in [9.17, 15) is 27.2 Å². The summed E-state index contributed by atoms with van der Waals surface area (Å²) in [4.78, 5) is 26.2. The molecule has 9 heteroatoms. The van der Waals surface area contributed by atoms with Crippen molar-refractivity contribution in [2.45, 2.75) is 44.8 Å². The summed E-state index contributed by atoms with van der Waals surface area (Å²) in [6.45, 7) is -0.775. The van der Waals surface area contributed by atoms with Gasteiger partial charge in [0.15, 0.2) is 0 Å². The molecule has 1 saturated heterocycles. The Morgan fingerprint density at radius 2 is 1.96 bits per heavy atom. The minimum Gasteiger partial charge on any atom is -0.435 e. The van der Waals surface area contributed by atoms with E-state index in [0.717, 1.165) is 19.3 Å². The van der Waals surface area contributed by atoms with E-state index in [-0.39, 0.29) is 18.4 Å². The van der Waals surface area contributed by atoms with Crippen molar-refractivity contribution in [1.29, 1.82) is 0 Å². The van der Waals surface area contributed by atoms with E-state index in [4.69, 9.17) is 0 Å². The van der Waals surface area contributed by atoms with Crippen LogP contribution in [-0.2, 0) is 4.79 Å². The van der Waals surface area contributed by atoms with Crippen molar-refractivity contribution in [3.05, 3.63) is 29.3 Å². The molecule has 2 atom stereocenters. The standard InChI is InChI=1S/C18H20F4N2O3/c1-2-14(25)24-6-4-10-3-5-18(10,24)9-23-16(26)15-12(19)7-11(8-13(15)20)27-17(21)22/h7-8,10,17H,2-6,9H2,1H3,(H,23,26). The molecule has 27 heavy (non-hydrogen) atoms. The van der Waals surface area contributed by atoms with Crippen LogP contribution in [0.2, 0.25) is 0 Å². The molecule has 1 aliphatic heterocycles. The molecule has 2 amide bonds. The third kappa shape index (κ3) is 3.46. The second kappa shape index (κ2) is 7.36. The molecule has 3 rings (SSSR count). The van der Waals surface area contributed by atoms with Gasteiger partial charge in [-0.3, -0.25) is 9.59 Å². The number of nitrogens with zero attached hydrogens (tertiary/aromatic N) is 1. The van der Waals surface area contributed by atoms with E-state index in [0.29, 0.717) is 25.1 Å². The maximum absolute atomic E-state index is 14.1. The van der Waals surface area contributed by atoms with Crippen molar-refractivity contribution >= 4 is 11.8 Å². The lowest BCUT2D eigenvalue weighted by Crippen LogP contribution is -2.62. The zero-order valence-corrected chi connectivity index (χ0v) is 14.7. The van der Waals surface area contributed by atoms with Crippen LogP contribution in [0.3, 0.4) is 0 Å². The van der Waals surface area contributed by atoms with E-state index >= 15 is 0 Å². The lowest BCUT2D eigenvalue weighted by Gasteiger charge is -2.50. The number of rotatable bonds is 6. The largest absolute Gasteiger partial charge is 0.435 e. The predicted molar refractivity (Wildman–Crippen MR) is 87.4 cm³/mol. The Morgan fingerprint density at radius 3 is 2.48 bits per heavy atom. The molecule has 2 fully saturated rings. The SMILES string of the molecule is CCC(=O)N1CCC2CCC21CNC(=O)c1c(F)cc(OC(F)F)cc1F. The molecule has 0 spiro atoms. The topological polar surface area (TPSA) is 58.6 Å². The van der Waals surface area contributed by atoms with Gasteiger partial charge in [0.2, 0.25) is 5.91 Å². The van der Waals surface area contributed by atoms with Gasteiger partial charge in [0.05, 0.1) is 5.54 Å². The highest BCUT2D eigenvalue weighted by molar-refractivity contribution is 5.95. The summed E-state index contributed by atoms with van der Waals surface area (Å²) in [5, 5.41) is 2.51. The predicted octanol–water partition coefficient (Wildman–Crippen LogP) is 3.09. The highest BCUT2D eigenvalue weighted by Crippen LogP contribution is 2.50. The van der Waals surface area contributed by atoms with Crippen LogP contribution in [0.5, 0.6) is 5.75 Å². The van der Waals surface area contributed by atoms with Gasteiger partial charge in [0.25, 0.3) is 5.91 Å². The minimum atomic E-state index is -3.23. The number of amides is 2. The first kappa shape index (κ1) is 19.4. The number of carbonyl (C=O) groups is 2. The Kier molecular flexibility index (Phi) is 5.30. The quantitative estimate of drug-likeness (QED) is 0.762. The average Bonchev–Trinajstić information content (AvgIpc) is 2.82. The summed E-state index contributed by atoms with van der Waals surface area (Å²) in [5.74, 6) is -4.05. The highest BCUT2D eigenvalue weighted by Gasteiger charge is 2.56. The monoisotopic (exact) mass is 388 g/mol. The first-order valence-electron chi connectivity index (χ1n) is 8.81. The highest BCUT2D eigenvalue weighted by atomic mass is 19.3. The van der Waals surface area contributed by atoms with Gasteiger partial charge in [0, 0.05) is 31.6 Å². The summed E-state index contributed by atoms with van der Waals surface area (Å²) < 4.78 is 56.4. The lowest BCUT2D eigenvalue weighted by molar-refractivity contribution is -0.139.